The lowest BCUT2D eigenvalue weighted by molar-refractivity contribution is 0.0955. The van der Waals surface area contributed by atoms with Crippen molar-refractivity contribution in [1.82, 2.24) is 5.43 Å². The van der Waals surface area contributed by atoms with Crippen LogP contribution < -0.4 is 10.3 Å². The van der Waals surface area contributed by atoms with Crippen molar-refractivity contribution in [2.75, 3.05) is 11.4 Å². The van der Waals surface area contributed by atoms with Gasteiger partial charge in [0, 0.05) is 23.3 Å². The molecular formula is C27H31N3O. The van der Waals surface area contributed by atoms with Gasteiger partial charge in [-0.15, -0.1) is 0 Å². The summed E-state index contributed by atoms with van der Waals surface area (Å²) in [5.74, 6) is 0.276. The summed E-state index contributed by atoms with van der Waals surface area (Å²) in [6.45, 7) is 12.3. The maximum Gasteiger partial charge on any atom is 0.271 e. The summed E-state index contributed by atoms with van der Waals surface area (Å²) in [6, 6.07) is 18.2. The van der Waals surface area contributed by atoms with Crippen LogP contribution in [0.15, 0.2) is 59.7 Å². The summed E-state index contributed by atoms with van der Waals surface area (Å²) in [5, 5.41) is 6.42. The lowest BCUT2D eigenvalue weighted by Crippen LogP contribution is -2.48. The van der Waals surface area contributed by atoms with Crippen molar-refractivity contribution in [3.63, 3.8) is 0 Å². The van der Waals surface area contributed by atoms with Crippen LogP contribution in [0.2, 0.25) is 0 Å². The molecule has 4 heteroatoms. The van der Waals surface area contributed by atoms with E-state index in [1.165, 1.54) is 11.3 Å². The normalized spacial score (nSPS) is 17.7. The molecule has 4 rings (SSSR count). The molecule has 0 radical (unpaired) electrons. The summed E-state index contributed by atoms with van der Waals surface area (Å²) in [5.41, 5.74) is 8.31. The second-order valence-corrected chi connectivity index (χ2v) is 9.19. The van der Waals surface area contributed by atoms with Gasteiger partial charge in [0.1, 0.15) is 0 Å². The number of benzene rings is 3. The van der Waals surface area contributed by atoms with Gasteiger partial charge in [-0.25, -0.2) is 5.43 Å². The summed E-state index contributed by atoms with van der Waals surface area (Å²) >= 11 is 0. The first-order chi connectivity index (χ1) is 14.8. The Morgan fingerprint density at radius 1 is 1.16 bits per heavy atom. The third-order valence-electron chi connectivity index (χ3n) is 6.47. The van der Waals surface area contributed by atoms with Crippen molar-refractivity contribution < 1.29 is 4.79 Å². The van der Waals surface area contributed by atoms with Gasteiger partial charge in [-0.05, 0) is 91.8 Å². The Morgan fingerprint density at radius 2 is 1.90 bits per heavy atom. The van der Waals surface area contributed by atoms with E-state index in [-0.39, 0.29) is 11.4 Å². The van der Waals surface area contributed by atoms with Crippen LogP contribution in [-0.4, -0.2) is 24.2 Å². The van der Waals surface area contributed by atoms with E-state index in [1.807, 2.05) is 42.5 Å². The topological polar surface area (TPSA) is 44.7 Å². The molecule has 3 aromatic carbocycles. The molecule has 4 nitrogen and oxygen atoms in total. The van der Waals surface area contributed by atoms with Crippen LogP contribution in [0.4, 0.5) is 5.69 Å². The number of hydrogen-bond donors (Lipinski definition) is 1. The molecule has 1 atom stereocenters. The third kappa shape index (κ3) is 4.07. The highest BCUT2D eigenvalue weighted by Gasteiger charge is 2.35. The zero-order valence-corrected chi connectivity index (χ0v) is 19.1. The van der Waals surface area contributed by atoms with E-state index >= 15 is 0 Å². The Kier molecular flexibility index (Phi) is 5.57. The van der Waals surface area contributed by atoms with Gasteiger partial charge in [0.15, 0.2) is 0 Å². The van der Waals surface area contributed by atoms with Crippen LogP contribution >= 0.6 is 0 Å². The molecule has 3 aromatic rings. The van der Waals surface area contributed by atoms with Gasteiger partial charge in [-0.3, -0.25) is 4.79 Å². The molecule has 0 saturated heterocycles. The first-order valence-electron chi connectivity index (χ1n) is 11.0. The molecule has 0 fully saturated rings. The quantitative estimate of drug-likeness (QED) is 0.420. The predicted octanol–water partition coefficient (Wildman–Crippen LogP) is 6.02. The van der Waals surface area contributed by atoms with Gasteiger partial charge < -0.3 is 4.90 Å². The molecule has 1 unspecified atom stereocenters. The molecule has 160 valence electrons. The third-order valence-corrected chi connectivity index (χ3v) is 6.47. The van der Waals surface area contributed by atoms with Gasteiger partial charge in [-0.1, -0.05) is 37.3 Å². The van der Waals surface area contributed by atoms with Crippen LogP contribution in [0.5, 0.6) is 0 Å². The summed E-state index contributed by atoms with van der Waals surface area (Å²) in [4.78, 5) is 15.1. The van der Waals surface area contributed by atoms with Crippen LogP contribution in [0, 0.1) is 6.92 Å². The number of nitrogens with one attached hydrogen (secondary N) is 1. The average molecular weight is 414 g/mol. The zero-order valence-electron chi connectivity index (χ0n) is 19.1. The number of aryl methyl sites for hydroxylation is 1. The predicted molar refractivity (Wildman–Crippen MR) is 130 cm³/mol. The SMILES string of the molecule is CCN1c2cc(C)c(/C=N\NC(=O)c3ccc4ccccc4c3)cc2C(C)CC1(C)C. The summed E-state index contributed by atoms with van der Waals surface area (Å²) in [6.07, 6.45) is 2.88. The number of hydrazone groups is 1. The Hall–Kier alpha value is -3.14. The van der Waals surface area contributed by atoms with Crippen molar-refractivity contribution in [2.24, 2.45) is 5.10 Å². The number of carbonyl (C=O) groups is 1. The Labute approximate surface area is 185 Å². The molecule has 0 aromatic heterocycles. The number of anilines is 1. The van der Waals surface area contributed by atoms with E-state index in [9.17, 15) is 4.79 Å². The summed E-state index contributed by atoms with van der Waals surface area (Å²) < 4.78 is 0. The molecule has 0 saturated carbocycles. The molecule has 31 heavy (non-hydrogen) atoms. The van der Waals surface area contributed by atoms with Crippen LogP contribution in [0.1, 0.15) is 67.1 Å². The lowest BCUT2D eigenvalue weighted by atomic mass is 9.79. The van der Waals surface area contributed by atoms with Crippen molar-refractivity contribution in [3.05, 3.63) is 76.9 Å². The van der Waals surface area contributed by atoms with Crippen LogP contribution in [-0.2, 0) is 0 Å². The molecular weight excluding hydrogens is 382 g/mol. The van der Waals surface area contributed by atoms with Gasteiger partial charge in [0.05, 0.1) is 6.21 Å². The second-order valence-electron chi connectivity index (χ2n) is 9.19. The molecule has 0 aliphatic carbocycles. The smallest absolute Gasteiger partial charge is 0.271 e. The van der Waals surface area contributed by atoms with E-state index in [4.69, 9.17) is 0 Å². The Morgan fingerprint density at radius 3 is 2.65 bits per heavy atom. The fraction of sp³-hybridized carbons (Fsp3) is 0.333. The van der Waals surface area contributed by atoms with E-state index in [0.29, 0.717) is 11.5 Å². The van der Waals surface area contributed by atoms with Crippen molar-refractivity contribution in [3.8, 4) is 0 Å². The highest BCUT2D eigenvalue weighted by molar-refractivity contribution is 5.99. The van der Waals surface area contributed by atoms with E-state index in [1.54, 1.807) is 6.21 Å². The largest absolute Gasteiger partial charge is 0.366 e. The number of amides is 1. The minimum atomic E-state index is -0.204. The fourth-order valence-corrected chi connectivity index (χ4v) is 4.94. The molecule has 0 bridgehead atoms. The molecule has 1 amide bonds. The molecule has 0 spiro atoms. The highest BCUT2D eigenvalue weighted by Crippen LogP contribution is 2.43. The van der Waals surface area contributed by atoms with Gasteiger partial charge in [0.2, 0.25) is 0 Å². The van der Waals surface area contributed by atoms with Gasteiger partial charge in [-0.2, -0.15) is 5.10 Å². The van der Waals surface area contributed by atoms with Crippen molar-refractivity contribution >= 4 is 28.6 Å². The van der Waals surface area contributed by atoms with E-state index in [0.717, 1.165) is 34.9 Å². The molecule has 1 aliphatic rings. The number of fused-ring (bicyclic) bond motifs is 2. The van der Waals surface area contributed by atoms with Crippen molar-refractivity contribution in [1.29, 1.82) is 0 Å². The highest BCUT2D eigenvalue weighted by atomic mass is 16.2. The van der Waals surface area contributed by atoms with Crippen LogP contribution in [0.25, 0.3) is 10.8 Å². The monoisotopic (exact) mass is 413 g/mol. The number of hydrogen-bond acceptors (Lipinski definition) is 3. The lowest BCUT2D eigenvalue weighted by Gasteiger charge is -2.47. The van der Waals surface area contributed by atoms with Gasteiger partial charge in [0.25, 0.3) is 5.91 Å². The Balaban J connectivity index is 1.55. The average Bonchev–Trinajstić information content (AvgIpc) is 2.73. The van der Waals surface area contributed by atoms with Crippen molar-refractivity contribution in [2.45, 2.75) is 52.5 Å². The number of nitrogens with zero attached hydrogens (tertiary/aromatic N) is 2. The minimum Gasteiger partial charge on any atom is -0.366 e. The molecule has 1 aliphatic heterocycles. The standard InChI is InChI=1S/C27H31N3O/c1-6-30-25-13-18(2)23(15-24(25)19(3)16-27(30,4)5)17-28-29-26(31)22-12-11-20-9-7-8-10-21(20)14-22/h7-15,17,19H,6,16H2,1-5H3,(H,29,31)/b28-17-. The first kappa shape index (κ1) is 21.1. The first-order valence-corrected chi connectivity index (χ1v) is 11.0. The van der Waals surface area contributed by atoms with Crippen LogP contribution in [0.3, 0.4) is 0 Å². The summed E-state index contributed by atoms with van der Waals surface area (Å²) in [7, 11) is 0. The zero-order chi connectivity index (χ0) is 22.2. The van der Waals surface area contributed by atoms with E-state index < -0.39 is 0 Å². The second kappa shape index (κ2) is 8.18. The maximum absolute atomic E-state index is 12.6. The maximum atomic E-state index is 12.6. The number of carbonyl (C=O) groups excluding carboxylic acids is 1. The van der Waals surface area contributed by atoms with Gasteiger partial charge >= 0.3 is 0 Å². The number of rotatable bonds is 4. The Bertz CT molecular complexity index is 1160. The fourth-order valence-electron chi connectivity index (χ4n) is 4.94. The molecule has 1 N–H and O–H groups in total. The minimum absolute atomic E-state index is 0.150. The van der Waals surface area contributed by atoms with E-state index in [2.05, 4.69) is 62.2 Å². The molecule has 1 heterocycles.